The number of carbonyl (C=O) groups excluding carboxylic acids is 2. The maximum Gasteiger partial charge on any atom is 0.282 e. The fourth-order valence-corrected chi connectivity index (χ4v) is 3.42. The van der Waals surface area contributed by atoms with Gasteiger partial charge < -0.3 is 9.47 Å². The molecule has 1 N–H and O–H groups in total. The van der Waals surface area contributed by atoms with Crippen molar-refractivity contribution in [2.45, 2.75) is 0 Å². The van der Waals surface area contributed by atoms with Gasteiger partial charge in [-0.05, 0) is 36.4 Å². The van der Waals surface area contributed by atoms with E-state index in [1.807, 2.05) is 0 Å². The van der Waals surface area contributed by atoms with Crippen LogP contribution in [0, 0.1) is 10.1 Å². The van der Waals surface area contributed by atoms with E-state index in [2.05, 4.69) is 5.43 Å². The first-order chi connectivity index (χ1) is 16.4. The minimum atomic E-state index is -0.631. The number of para-hydroxylation sites is 2. The molecule has 2 amide bonds. The lowest BCUT2D eigenvalue weighted by atomic mass is 10.1. The van der Waals surface area contributed by atoms with Crippen molar-refractivity contribution in [3.05, 3.63) is 99.1 Å². The molecule has 3 aromatic rings. The van der Waals surface area contributed by atoms with E-state index in [0.717, 1.165) is 5.01 Å². The molecular weight excluding hydrogens is 462 g/mol. The number of nitrogens with zero attached hydrogens (tertiary/aromatic N) is 2. The summed E-state index contributed by atoms with van der Waals surface area (Å²) >= 11 is 6.06. The van der Waals surface area contributed by atoms with Crippen LogP contribution >= 0.6 is 11.6 Å². The van der Waals surface area contributed by atoms with Crippen LogP contribution in [0.4, 0.5) is 11.4 Å². The lowest BCUT2D eigenvalue weighted by Gasteiger charge is -2.14. The van der Waals surface area contributed by atoms with Crippen LogP contribution in [-0.2, 0) is 9.59 Å². The number of nitro groups is 1. The molecule has 1 fully saturated rings. The molecule has 0 radical (unpaired) electrons. The SMILES string of the molecule is O=C1NN(c2ccccc2)C(=O)C1=Cc1cc([N+](=O)[O-])ccc1OCCOc1ccccc1Cl. The van der Waals surface area contributed by atoms with Gasteiger partial charge in [0.1, 0.15) is 30.3 Å². The van der Waals surface area contributed by atoms with Gasteiger partial charge in [-0.1, -0.05) is 41.9 Å². The Bertz CT molecular complexity index is 1280. The number of hydrogen-bond acceptors (Lipinski definition) is 6. The number of hydrazine groups is 1. The fraction of sp³-hybridized carbons (Fsp3) is 0.0833. The summed E-state index contributed by atoms with van der Waals surface area (Å²) in [6, 6.07) is 19.5. The summed E-state index contributed by atoms with van der Waals surface area (Å²) in [4.78, 5) is 36.1. The van der Waals surface area contributed by atoms with Gasteiger partial charge in [0.15, 0.2) is 0 Å². The Morgan fingerprint density at radius 2 is 1.62 bits per heavy atom. The van der Waals surface area contributed by atoms with Gasteiger partial charge in [-0.15, -0.1) is 0 Å². The van der Waals surface area contributed by atoms with E-state index in [4.69, 9.17) is 21.1 Å². The Kier molecular flexibility index (Phi) is 6.74. The summed E-state index contributed by atoms with van der Waals surface area (Å²) in [5.74, 6) is -0.475. The number of hydrogen-bond donors (Lipinski definition) is 1. The average molecular weight is 480 g/mol. The Morgan fingerprint density at radius 1 is 0.941 bits per heavy atom. The minimum Gasteiger partial charge on any atom is -0.489 e. The summed E-state index contributed by atoms with van der Waals surface area (Å²) in [6.07, 6.45) is 1.28. The molecule has 0 aromatic heterocycles. The molecule has 1 saturated heterocycles. The molecule has 9 nitrogen and oxygen atoms in total. The third-order valence-corrected chi connectivity index (χ3v) is 5.16. The molecule has 3 aromatic carbocycles. The smallest absolute Gasteiger partial charge is 0.282 e. The molecule has 0 aliphatic carbocycles. The first-order valence-corrected chi connectivity index (χ1v) is 10.5. The highest BCUT2D eigenvalue weighted by molar-refractivity contribution is 6.32. The van der Waals surface area contributed by atoms with E-state index in [9.17, 15) is 19.7 Å². The number of nitro benzene ring substituents is 1. The maximum atomic E-state index is 12.9. The number of rotatable bonds is 8. The van der Waals surface area contributed by atoms with Gasteiger partial charge in [-0.25, -0.2) is 5.01 Å². The van der Waals surface area contributed by atoms with Crippen LogP contribution in [0.5, 0.6) is 11.5 Å². The molecule has 0 unspecified atom stereocenters. The zero-order valence-electron chi connectivity index (χ0n) is 17.6. The lowest BCUT2D eigenvalue weighted by molar-refractivity contribution is -0.384. The molecular formula is C24H18ClN3O6. The van der Waals surface area contributed by atoms with E-state index in [1.165, 1.54) is 24.3 Å². The average Bonchev–Trinajstić information content (AvgIpc) is 3.12. The van der Waals surface area contributed by atoms with Crippen LogP contribution in [0.1, 0.15) is 5.56 Å². The highest BCUT2D eigenvalue weighted by atomic mass is 35.5. The Balaban J connectivity index is 1.55. The van der Waals surface area contributed by atoms with Crippen molar-refractivity contribution in [1.29, 1.82) is 0 Å². The summed E-state index contributed by atoms with van der Waals surface area (Å²) in [5, 5.41) is 12.8. The van der Waals surface area contributed by atoms with Crippen molar-refractivity contribution in [3.8, 4) is 11.5 Å². The Hall–Kier alpha value is -4.37. The fourth-order valence-electron chi connectivity index (χ4n) is 3.23. The molecule has 1 aliphatic rings. The second-order valence-corrected chi connectivity index (χ2v) is 7.49. The number of non-ortho nitro benzene ring substituents is 1. The van der Waals surface area contributed by atoms with E-state index >= 15 is 0 Å². The third kappa shape index (κ3) is 5.00. The van der Waals surface area contributed by atoms with E-state index < -0.39 is 16.7 Å². The molecule has 0 saturated carbocycles. The summed E-state index contributed by atoms with van der Waals surface area (Å²) < 4.78 is 11.3. The molecule has 0 bridgehead atoms. The van der Waals surface area contributed by atoms with Gasteiger partial charge in [0.05, 0.1) is 15.6 Å². The zero-order chi connectivity index (χ0) is 24.1. The third-order valence-electron chi connectivity index (χ3n) is 4.85. The molecule has 4 rings (SSSR count). The molecule has 34 heavy (non-hydrogen) atoms. The standard InChI is InChI=1S/C24H18ClN3O6/c25-20-8-4-5-9-22(20)34-13-12-33-21-11-10-18(28(31)32)14-16(21)15-19-23(29)26-27(24(19)30)17-6-2-1-3-7-17/h1-11,14-15H,12-13H2,(H,26,29). The number of nitrogens with one attached hydrogen (secondary N) is 1. The van der Waals surface area contributed by atoms with Crippen molar-refractivity contribution in [1.82, 2.24) is 5.43 Å². The first-order valence-electron chi connectivity index (χ1n) is 10.1. The molecule has 1 heterocycles. The minimum absolute atomic E-state index is 0.0927. The highest BCUT2D eigenvalue weighted by Crippen LogP contribution is 2.29. The number of carbonyl (C=O) groups is 2. The lowest BCUT2D eigenvalue weighted by Crippen LogP contribution is -2.35. The van der Waals surface area contributed by atoms with Crippen molar-refractivity contribution < 1.29 is 24.0 Å². The van der Waals surface area contributed by atoms with E-state index in [-0.39, 0.29) is 35.8 Å². The van der Waals surface area contributed by atoms with Crippen LogP contribution in [0.3, 0.4) is 0 Å². The van der Waals surface area contributed by atoms with Gasteiger partial charge in [0.2, 0.25) is 0 Å². The predicted octanol–water partition coefficient (Wildman–Crippen LogP) is 4.17. The van der Waals surface area contributed by atoms with Gasteiger partial charge in [0, 0.05) is 17.7 Å². The van der Waals surface area contributed by atoms with Crippen LogP contribution < -0.4 is 19.9 Å². The summed E-state index contributed by atoms with van der Waals surface area (Å²) in [6.45, 7) is 0.243. The number of ether oxygens (including phenoxy) is 2. The van der Waals surface area contributed by atoms with Crippen molar-refractivity contribution in [2.75, 3.05) is 18.2 Å². The van der Waals surface area contributed by atoms with Gasteiger partial charge in [-0.3, -0.25) is 25.1 Å². The maximum absolute atomic E-state index is 12.9. The number of amides is 2. The van der Waals surface area contributed by atoms with Gasteiger partial charge in [-0.2, -0.15) is 0 Å². The first kappa shape index (κ1) is 22.8. The van der Waals surface area contributed by atoms with Crippen LogP contribution in [0.25, 0.3) is 6.08 Å². The van der Waals surface area contributed by atoms with Crippen molar-refractivity contribution in [3.63, 3.8) is 0 Å². The van der Waals surface area contributed by atoms with Crippen molar-refractivity contribution >= 4 is 40.9 Å². The van der Waals surface area contributed by atoms with E-state index in [1.54, 1.807) is 54.6 Å². The number of benzene rings is 3. The summed E-state index contributed by atoms with van der Waals surface area (Å²) in [5.41, 5.74) is 2.79. The largest absolute Gasteiger partial charge is 0.489 e. The van der Waals surface area contributed by atoms with Gasteiger partial charge in [0.25, 0.3) is 17.5 Å². The summed E-state index contributed by atoms with van der Waals surface area (Å²) in [7, 11) is 0. The van der Waals surface area contributed by atoms with E-state index in [0.29, 0.717) is 16.5 Å². The second kappa shape index (κ2) is 10.1. The zero-order valence-corrected chi connectivity index (χ0v) is 18.4. The molecule has 10 heteroatoms. The monoisotopic (exact) mass is 479 g/mol. The number of anilines is 1. The highest BCUT2D eigenvalue weighted by Gasteiger charge is 2.34. The van der Waals surface area contributed by atoms with Crippen LogP contribution in [0.2, 0.25) is 5.02 Å². The Labute approximate surface area is 199 Å². The molecule has 1 aliphatic heterocycles. The molecule has 0 spiro atoms. The number of halogens is 1. The van der Waals surface area contributed by atoms with Crippen LogP contribution in [0.15, 0.2) is 78.4 Å². The predicted molar refractivity (Wildman–Crippen MR) is 126 cm³/mol. The van der Waals surface area contributed by atoms with Gasteiger partial charge >= 0.3 is 0 Å². The van der Waals surface area contributed by atoms with Crippen LogP contribution in [-0.4, -0.2) is 30.0 Å². The van der Waals surface area contributed by atoms with Crippen molar-refractivity contribution in [2.24, 2.45) is 0 Å². The Morgan fingerprint density at radius 3 is 2.32 bits per heavy atom. The molecule has 0 atom stereocenters. The quantitative estimate of drug-likeness (QED) is 0.171. The normalized spacial score (nSPS) is 14.3. The topological polar surface area (TPSA) is 111 Å². The second-order valence-electron chi connectivity index (χ2n) is 7.08. The molecule has 172 valence electrons.